The number of fused-ring (bicyclic) bond motifs is 1. The molecule has 2 aromatic carbocycles. The molecule has 13 heteroatoms. The highest BCUT2D eigenvalue weighted by molar-refractivity contribution is 5.99. The van der Waals surface area contributed by atoms with Gasteiger partial charge in [-0.15, -0.1) is 0 Å². The summed E-state index contributed by atoms with van der Waals surface area (Å²) in [5.74, 6) is 5.21. The van der Waals surface area contributed by atoms with E-state index in [0.29, 0.717) is 56.8 Å². The molecular formula is C28H38F3N8O2+. The summed E-state index contributed by atoms with van der Waals surface area (Å²) in [6, 6.07) is 11.5. The van der Waals surface area contributed by atoms with Crippen LogP contribution in [-0.2, 0) is 22.2 Å². The first kappa shape index (κ1) is 31.9. The molecule has 3 aromatic rings. The van der Waals surface area contributed by atoms with Crippen LogP contribution >= 0.6 is 0 Å². The molecule has 3 rings (SSSR count). The Bertz CT molecular complexity index is 1300. The number of nitrogens with one attached hydrogen (secondary N) is 2. The van der Waals surface area contributed by atoms with Gasteiger partial charge in [-0.25, -0.2) is 4.59 Å². The summed E-state index contributed by atoms with van der Waals surface area (Å²) >= 11 is 0. The second-order valence-electron chi connectivity index (χ2n) is 10.1. The van der Waals surface area contributed by atoms with Crippen LogP contribution in [0.5, 0.6) is 0 Å². The predicted octanol–water partition coefficient (Wildman–Crippen LogP) is 1.64. The Morgan fingerprint density at radius 2 is 1.61 bits per heavy atom. The second-order valence-corrected chi connectivity index (χ2v) is 10.1. The molecule has 0 bridgehead atoms. The number of pyridine rings is 1. The largest absolute Gasteiger partial charge is 0.416 e. The van der Waals surface area contributed by atoms with Crippen molar-refractivity contribution in [1.82, 2.24) is 10.3 Å². The van der Waals surface area contributed by atoms with Crippen molar-refractivity contribution in [1.29, 1.82) is 0 Å². The summed E-state index contributed by atoms with van der Waals surface area (Å²) in [7, 11) is 0. The van der Waals surface area contributed by atoms with Gasteiger partial charge in [0.05, 0.1) is 35.6 Å². The fraction of sp³-hybridized carbons (Fsp3) is 0.393. The molecular weight excluding hydrogens is 537 g/mol. The summed E-state index contributed by atoms with van der Waals surface area (Å²) in [4.78, 5) is 30.6. The van der Waals surface area contributed by atoms with Gasteiger partial charge in [0.25, 0.3) is 0 Å². The van der Waals surface area contributed by atoms with Gasteiger partial charge < -0.3 is 27.8 Å². The van der Waals surface area contributed by atoms with Crippen LogP contribution in [0.3, 0.4) is 0 Å². The van der Waals surface area contributed by atoms with Crippen LogP contribution in [-0.4, -0.2) is 66.2 Å². The molecule has 41 heavy (non-hydrogen) atoms. The summed E-state index contributed by atoms with van der Waals surface area (Å²) in [5, 5.41) is 6.22. The maximum Gasteiger partial charge on any atom is 0.416 e. The monoisotopic (exact) mass is 575 g/mol. The number of nitrogens with two attached hydrogens (primary N) is 4. The molecule has 0 aliphatic heterocycles. The number of benzene rings is 2. The van der Waals surface area contributed by atoms with E-state index in [2.05, 4.69) is 15.6 Å². The Kier molecular flexibility index (Phi) is 11.1. The van der Waals surface area contributed by atoms with Crippen LogP contribution in [0.2, 0.25) is 0 Å². The number of para-hydroxylation sites is 1. The van der Waals surface area contributed by atoms with Crippen molar-refractivity contribution in [3.05, 3.63) is 71.9 Å². The van der Waals surface area contributed by atoms with Gasteiger partial charge in [0.1, 0.15) is 19.1 Å². The molecule has 0 fully saturated rings. The Morgan fingerprint density at radius 3 is 2.24 bits per heavy atom. The summed E-state index contributed by atoms with van der Waals surface area (Å²) in [6.07, 6.45) is -2.25. The minimum atomic E-state index is -4.49. The fourth-order valence-corrected chi connectivity index (χ4v) is 4.53. The number of amides is 2. The molecule has 0 saturated carbocycles. The third kappa shape index (κ3) is 9.47. The molecule has 0 radical (unpaired) electrons. The Morgan fingerprint density at radius 1 is 0.951 bits per heavy atom. The molecule has 0 aliphatic carbocycles. The first-order chi connectivity index (χ1) is 19.4. The van der Waals surface area contributed by atoms with Gasteiger partial charge in [0.2, 0.25) is 11.8 Å². The summed E-state index contributed by atoms with van der Waals surface area (Å²) in [6.45, 7) is 2.34. The number of rotatable bonds is 14. The van der Waals surface area contributed by atoms with Gasteiger partial charge in [0, 0.05) is 31.3 Å². The lowest BCUT2D eigenvalue weighted by Crippen LogP contribution is -2.59. The molecule has 222 valence electrons. The molecule has 1 aromatic heterocycles. The predicted molar refractivity (Wildman–Crippen MR) is 152 cm³/mol. The molecule has 10 N–H and O–H groups in total. The van der Waals surface area contributed by atoms with Crippen LogP contribution in [0, 0.1) is 0 Å². The van der Waals surface area contributed by atoms with Crippen LogP contribution in [0.15, 0.2) is 60.8 Å². The molecule has 1 heterocycles. The Hall–Kier alpha value is -3.62. The first-order valence-electron chi connectivity index (χ1n) is 13.4. The van der Waals surface area contributed by atoms with E-state index in [1.807, 2.05) is 24.3 Å². The van der Waals surface area contributed by atoms with E-state index in [1.165, 1.54) is 18.3 Å². The maximum atomic E-state index is 13.3. The standard InChI is InChI=1S/C28H37F3N8O2/c29-28(30,31)21-9-7-19(8-10-21)16-25(27(41)37-22-17-20-4-1-2-6-24(20)36-18-22)38-26(40)23(34)5-3-13-39(35,14-11-32)15-12-33/h1-2,4,6-10,17-18,23,25H,3,5,11-16,32-35H2,(H-,37,38,40,41)/p+1/t23-,25-/m0/s1. The maximum absolute atomic E-state index is 13.3. The SMILES string of the molecule is NCC[N+](N)(CCN)CCC[C@H](N)C(=O)N[C@@H](Cc1ccc(C(F)(F)F)cc1)C(=O)Nc1cnc2ccccc2c1. The summed E-state index contributed by atoms with van der Waals surface area (Å²) < 4.78 is 39.2. The third-order valence-electron chi connectivity index (χ3n) is 6.82. The van der Waals surface area contributed by atoms with Crippen molar-refractivity contribution in [2.75, 3.05) is 38.0 Å². The zero-order valence-corrected chi connectivity index (χ0v) is 22.7. The second kappa shape index (κ2) is 14.3. The van der Waals surface area contributed by atoms with Gasteiger partial charge in [-0.2, -0.15) is 19.0 Å². The van der Waals surface area contributed by atoms with Crippen molar-refractivity contribution in [3.8, 4) is 0 Å². The van der Waals surface area contributed by atoms with E-state index in [9.17, 15) is 22.8 Å². The van der Waals surface area contributed by atoms with Gasteiger partial charge in [-0.1, -0.05) is 30.3 Å². The van der Waals surface area contributed by atoms with Crippen LogP contribution in [0.4, 0.5) is 18.9 Å². The van der Waals surface area contributed by atoms with Crippen LogP contribution < -0.4 is 33.7 Å². The van der Waals surface area contributed by atoms with Gasteiger partial charge in [0.15, 0.2) is 0 Å². The Labute approximate surface area is 236 Å². The van der Waals surface area contributed by atoms with Crippen LogP contribution in [0.1, 0.15) is 24.0 Å². The van der Waals surface area contributed by atoms with Gasteiger partial charge >= 0.3 is 6.18 Å². The molecule has 2 amide bonds. The van der Waals surface area contributed by atoms with Crippen LogP contribution in [0.25, 0.3) is 10.9 Å². The quantitative estimate of drug-likeness (QED) is 0.0962. The third-order valence-corrected chi connectivity index (χ3v) is 6.82. The van der Waals surface area contributed by atoms with Crippen molar-refractivity contribution < 1.29 is 27.4 Å². The normalized spacial score (nSPS) is 13.5. The van der Waals surface area contributed by atoms with E-state index in [-0.39, 0.29) is 11.0 Å². The molecule has 10 nitrogen and oxygen atoms in total. The Balaban J connectivity index is 1.72. The van der Waals surface area contributed by atoms with Crippen molar-refractivity contribution in [3.63, 3.8) is 0 Å². The number of aromatic nitrogens is 1. The zero-order valence-electron chi connectivity index (χ0n) is 22.7. The number of quaternary nitrogens is 1. The number of alkyl halides is 3. The minimum absolute atomic E-state index is 0.0563. The topological polar surface area (TPSA) is 175 Å². The average molecular weight is 576 g/mol. The lowest BCUT2D eigenvalue weighted by molar-refractivity contribution is -0.937. The van der Waals surface area contributed by atoms with E-state index in [1.54, 1.807) is 6.07 Å². The fourth-order valence-electron chi connectivity index (χ4n) is 4.53. The molecule has 0 spiro atoms. The number of nitrogens with zero attached hydrogens (tertiary/aromatic N) is 2. The smallest absolute Gasteiger partial charge is 0.343 e. The molecule has 0 unspecified atom stereocenters. The van der Waals surface area contributed by atoms with Crippen molar-refractivity contribution >= 4 is 28.4 Å². The minimum Gasteiger partial charge on any atom is -0.343 e. The number of anilines is 1. The average Bonchev–Trinajstić information content (AvgIpc) is 2.92. The zero-order chi connectivity index (χ0) is 30.0. The van der Waals surface area contributed by atoms with Crippen molar-refractivity contribution in [2.45, 2.75) is 37.5 Å². The first-order valence-corrected chi connectivity index (χ1v) is 13.4. The van der Waals surface area contributed by atoms with E-state index >= 15 is 0 Å². The lowest BCUT2D eigenvalue weighted by atomic mass is 10.0. The summed E-state index contributed by atoms with van der Waals surface area (Å²) in [5.41, 5.74) is 18.2. The highest BCUT2D eigenvalue weighted by Crippen LogP contribution is 2.29. The van der Waals surface area contributed by atoms with E-state index < -0.39 is 35.6 Å². The molecule has 0 saturated heterocycles. The number of hydrogen-bond donors (Lipinski definition) is 6. The van der Waals surface area contributed by atoms with E-state index in [0.717, 1.165) is 23.0 Å². The highest BCUT2D eigenvalue weighted by Gasteiger charge is 2.31. The van der Waals surface area contributed by atoms with Gasteiger partial charge in [-0.3, -0.25) is 14.6 Å². The lowest BCUT2D eigenvalue weighted by Gasteiger charge is -2.32. The molecule has 0 aliphatic rings. The number of carbonyl (C=O) groups is 2. The van der Waals surface area contributed by atoms with Gasteiger partial charge in [-0.05, 0) is 36.2 Å². The van der Waals surface area contributed by atoms with E-state index in [4.69, 9.17) is 23.0 Å². The molecule has 2 atom stereocenters. The number of hydrogen-bond acceptors (Lipinski definition) is 7. The number of halogens is 3. The highest BCUT2D eigenvalue weighted by atomic mass is 19.4. The van der Waals surface area contributed by atoms with Crippen molar-refractivity contribution in [2.24, 2.45) is 23.0 Å². The number of carbonyl (C=O) groups excluding carboxylic acids is 2.